The first-order valence-electron chi connectivity index (χ1n) is 20.1. The first-order valence-corrected chi connectivity index (χ1v) is 20.1. The molecule has 0 aliphatic heterocycles. The van der Waals surface area contributed by atoms with Gasteiger partial charge in [0, 0.05) is 33.2 Å². The summed E-state index contributed by atoms with van der Waals surface area (Å²) in [6.07, 6.45) is 3.36. The Kier molecular flexibility index (Phi) is 7.69. The normalized spacial score (nSPS) is 15.2. The lowest BCUT2D eigenvalue weighted by molar-refractivity contribution is 0.657. The first-order chi connectivity index (χ1) is 28.0. The molecule has 0 fully saturated rings. The summed E-state index contributed by atoms with van der Waals surface area (Å²) in [5, 5.41) is 2.54. The van der Waals surface area contributed by atoms with Crippen LogP contribution < -0.4 is 4.90 Å². The van der Waals surface area contributed by atoms with Gasteiger partial charge in [0.2, 0.25) is 0 Å². The van der Waals surface area contributed by atoms with Crippen molar-refractivity contribution in [3.8, 4) is 27.9 Å². The van der Waals surface area contributed by atoms with Crippen molar-refractivity contribution >= 4 is 38.8 Å². The Morgan fingerprint density at radius 3 is 2.00 bits per heavy atom. The van der Waals surface area contributed by atoms with Gasteiger partial charge in [-0.3, -0.25) is 0 Å². The molecule has 1 atom stereocenters. The van der Waals surface area contributed by atoms with Gasteiger partial charge in [0.15, 0.2) is 0 Å². The molecule has 1 aromatic heterocycles. The molecule has 8 aromatic carbocycles. The van der Waals surface area contributed by atoms with E-state index in [2.05, 4.69) is 224 Å². The summed E-state index contributed by atoms with van der Waals surface area (Å²) in [6, 6.07) is 71.7. The summed E-state index contributed by atoms with van der Waals surface area (Å²) in [4.78, 5) is 2.61. The van der Waals surface area contributed by atoms with Crippen molar-refractivity contribution in [3.05, 3.63) is 228 Å². The Morgan fingerprint density at radius 2 is 1.14 bits per heavy atom. The van der Waals surface area contributed by atoms with Crippen LogP contribution in [0.2, 0.25) is 0 Å². The summed E-state index contributed by atoms with van der Waals surface area (Å²) in [6.45, 7) is 4.75. The van der Waals surface area contributed by atoms with E-state index in [0.29, 0.717) is 0 Å². The van der Waals surface area contributed by atoms with E-state index in [9.17, 15) is 0 Å². The highest BCUT2D eigenvalue weighted by molar-refractivity contribution is 6.10. The Bertz CT molecular complexity index is 3020. The first kappa shape index (κ1) is 33.4. The second-order valence-corrected chi connectivity index (χ2v) is 16.1. The highest BCUT2D eigenvalue weighted by Gasteiger charge is 2.37. The molecule has 11 rings (SSSR count). The Balaban J connectivity index is 1.06. The van der Waals surface area contributed by atoms with Crippen molar-refractivity contribution in [1.29, 1.82) is 0 Å². The minimum Gasteiger partial charge on any atom is -0.334 e. The monoisotopic (exact) mass is 730 g/mol. The molecule has 57 heavy (non-hydrogen) atoms. The summed E-state index contributed by atoms with van der Waals surface area (Å²) >= 11 is 0. The van der Waals surface area contributed by atoms with Crippen LogP contribution in [0.5, 0.6) is 0 Å². The number of anilines is 2. The third-order valence-electron chi connectivity index (χ3n) is 12.5. The molecule has 2 aliphatic carbocycles. The number of rotatable bonds is 6. The van der Waals surface area contributed by atoms with Gasteiger partial charge in [0.25, 0.3) is 0 Å². The maximum absolute atomic E-state index is 2.61. The molecule has 9 aromatic rings. The van der Waals surface area contributed by atoms with Gasteiger partial charge >= 0.3 is 0 Å². The van der Waals surface area contributed by atoms with Crippen LogP contribution in [-0.4, -0.2) is 4.57 Å². The predicted octanol–water partition coefficient (Wildman–Crippen LogP) is 14.5. The summed E-state index contributed by atoms with van der Waals surface area (Å²) in [5.41, 5.74) is 19.0. The molecule has 0 N–H and O–H groups in total. The van der Waals surface area contributed by atoms with E-state index in [4.69, 9.17) is 0 Å². The molecule has 2 heteroatoms. The van der Waals surface area contributed by atoms with E-state index >= 15 is 0 Å². The highest BCUT2D eigenvalue weighted by Crippen LogP contribution is 2.52. The number of fused-ring (bicyclic) bond motifs is 7. The third-order valence-corrected chi connectivity index (χ3v) is 12.5. The molecule has 1 unspecified atom stereocenters. The molecule has 0 spiro atoms. The Hall–Kier alpha value is -6.90. The third kappa shape index (κ3) is 5.32. The lowest BCUT2D eigenvalue weighted by Gasteiger charge is -2.38. The van der Waals surface area contributed by atoms with E-state index in [1.54, 1.807) is 0 Å². The molecule has 0 bridgehead atoms. The van der Waals surface area contributed by atoms with E-state index in [-0.39, 0.29) is 11.5 Å². The van der Waals surface area contributed by atoms with E-state index in [1.165, 1.54) is 94.5 Å². The zero-order chi connectivity index (χ0) is 38.1. The van der Waals surface area contributed by atoms with Crippen LogP contribution in [0.15, 0.2) is 200 Å². The molecule has 2 aliphatic rings. The average molecular weight is 731 g/mol. The molecule has 1 heterocycles. The van der Waals surface area contributed by atoms with Crippen molar-refractivity contribution in [1.82, 2.24) is 4.57 Å². The second kappa shape index (κ2) is 13.1. The molecular weight excluding hydrogens is 689 g/mol. The topological polar surface area (TPSA) is 8.17 Å². The largest absolute Gasteiger partial charge is 0.334 e. The summed E-state index contributed by atoms with van der Waals surface area (Å²) in [7, 11) is 0. The van der Waals surface area contributed by atoms with Gasteiger partial charge in [-0.25, -0.2) is 0 Å². The van der Waals surface area contributed by atoms with Crippen LogP contribution in [-0.2, 0) is 5.41 Å². The molecular formula is C55H42N2. The van der Waals surface area contributed by atoms with Gasteiger partial charge in [-0.1, -0.05) is 159 Å². The van der Waals surface area contributed by atoms with Gasteiger partial charge in [0.05, 0.1) is 17.1 Å². The standard InChI is InChI=1S/C55H42N2/c1-55(2)50-26-13-11-23-45(50)46-30-29-42(36-51(46)55)56(41-21-15-18-38(34-41)37-16-5-3-6-17-37)53-33-31-43(44-22-9-10-24-47(44)53)39-28-32-54-49(35-39)48-25-12-14-27-52(48)57(54)40-19-7-4-8-20-40/h3-32,34-36,53H,33H2,1-2H3. The molecule has 0 saturated heterocycles. The quantitative estimate of drug-likeness (QED) is 0.165. The average Bonchev–Trinajstić information content (AvgIpc) is 3.72. The molecule has 272 valence electrons. The number of para-hydroxylation sites is 2. The SMILES string of the molecule is CC1(C)c2ccccc2-c2ccc(N(c3cccc(-c4ccccc4)c3)C3CC=C(c4ccc5c(c4)c4ccccc4n5-c4ccccc4)c4ccccc43)cc21. The number of benzene rings is 8. The number of hydrogen-bond acceptors (Lipinski definition) is 1. The Labute approximate surface area is 334 Å². The highest BCUT2D eigenvalue weighted by atomic mass is 15.2. The van der Waals surface area contributed by atoms with Gasteiger partial charge in [-0.15, -0.1) is 0 Å². The summed E-state index contributed by atoms with van der Waals surface area (Å²) in [5.74, 6) is 0. The van der Waals surface area contributed by atoms with Crippen molar-refractivity contribution in [2.24, 2.45) is 0 Å². The zero-order valence-electron chi connectivity index (χ0n) is 32.2. The van der Waals surface area contributed by atoms with Gasteiger partial charge in [-0.2, -0.15) is 0 Å². The molecule has 0 saturated carbocycles. The van der Waals surface area contributed by atoms with Crippen LogP contribution in [0.4, 0.5) is 11.4 Å². The summed E-state index contributed by atoms with van der Waals surface area (Å²) < 4.78 is 2.39. The maximum atomic E-state index is 2.61. The second-order valence-electron chi connectivity index (χ2n) is 16.1. The van der Waals surface area contributed by atoms with Crippen molar-refractivity contribution in [3.63, 3.8) is 0 Å². The van der Waals surface area contributed by atoms with Gasteiger partial charge in [0.1, 0.15) is 0 Å². The molecule has 0 radical (unpaired) electrons. The Morgan fingerprint density at radius 1 is 0.474 bits per heavy atom. The fraction of sp³-hybridized carbons (Fsp3) is 0.0909. The zero-order valence-corrected chi connectivity index (χ0v) is 32.2. The van der Waals surface area contributed by atoms with Crippen molar-refractivity contribution in [2.45, 2.75) is 31.7 Å². The predicted molar refractivity (Wildman–Crippen MR) is 240 cm³/mol. The van der Waals surface area contributed by atoms with Crippen molar-refractivity contribution in [2.75, 3.05) is 4.90 Å². The maximum Gasteiger partial charge on any atom is 0.0632 e. The smallest absolute Gasteiger partial charge is 0.0632 e. The van der Waals surface area contributed by atoms with Crippen LogP contribution in [0.25, 0.3) is 55.3 Å². The minimum absolute atomic E-state index is 0.0876. The number of aromatic nitrogens is 1. The lowest BCUT2D eigenvalue weighted by atomic mass is 9.81. The van der Waals surface area contributed by atoms with Crippen molar-refractivity contribution < 1.29 is 0 Å². The van der Waals surface area contributed by atoms with Crippen LogP contribution in [0, 0.1) is 0 Å². The fourth-order valence-corrected chi connectivity index (χ4v) is 9.83. The van der Waals surface area contributed by atoms with Crippen LogP contribution in [0.1, 0.15) is 54.1 Å². The number of nitrogens with zero attached hydrogens (tertiary/aromatic N) is 2. The van der Waals surface area contributed by atoms with E-state index in [1.807, 2.05) is 0 Å². The minimum atomic E-state index is -0.0979. The van der Waals surface area contributed by atoms with Gasteiger partial charge in [-0.05, 0) is 117 Å². The molecule has 0 amide bonds. The van der Waals surface area contributed by atoms with E-state index in [0.717, 1.165) is 6.42 Å². The fourth-order valence-electron chi connectivity index (χ4n) is 9.83. The van der Waals surface area contributed by atoms with Crippen LogP contribution >= 0.6 is 0 Å². The molecule has 2 nitrogen and oxygen atoms in total. The van der Waals surface area contributed by atoms with Crippen LogP contribution in [0.3, 0.4) is 0 Å². The van der Waals surface area contributed by atoms with Gasteiger partial charge < -0.3 is 9.47 Å². The number of hydrogen-bond donors (Lipinski definition) is 0. The lowest BCUT2D eigenvalue weighted by Crippen LogP contribution is -2.27. The van der Waals surface area contributed by atoms with E-state index < -0.39 is 0 Å².